The number of benzene rings is 1. The number of likely N-dealkylation sites (N-methyl/N-ethyl adjacent to an activating group) is 2. The normalized spacial score (nSPS) is 21.6. The number of aromatic hydroxyl groups is 1. The molecule has 4 heteroatoms. The summed E-state index contributed by atoms with van der Waals surface area (Å²) >= 11 is 0. The van der Waals surface area contributed by atoms with Crippen molar-refractivity contribution in [1.29, 1.82) is 0 Å². The molecule has 0 saturated carbocycles. The van der Waals surface area contributed by atoms with Crippen LogP contribution in [0.5, 0.6) is 5.75 Å². The Balaban J connectivity index is 2.04. The number of halogens is 1. The topological polar surface area (TPSA) is 26.7 Å². The van der Waals surface area contributed by atoms with Gasteiger partial charge in [0.2, 0.25) is 0 Å². The Hall–Kier alpha value is -1.13. The summed E-state index contributed by atoms with van der Waals surface area (Å²) < 4.78 is 13.4. The fourth-order valence-corrected chi connectivity index (χ4v) is 3.11. The summed E-state index contributed by atoms with van der Waals surface area (Å²) in [7, 11) is 2.04. The minimum Gasteiger partial charge on any atom is -0.508 e. The van der Waals surface area contributed by atoms with E-state index in [1.165, 1.54) is 37.6 Å². The van der Waals surface area contributed by atoms with Gasteiger partial charge in [0.05, 0.1) is 0 Å². The number of phenols is 1. The van der Waals surface area contributed by atoms with Crippen molar-refractivity contribution in [3.63, 3.8) is 0 Å². The predicted octanol–water partition coefficient (Wildman–Crippen LogP) is 3.01. The van der Waals surface area contributed by atoms with Gasteiger partial charge in [0.25, 0.3) is 0 Å². The van der Waals surface area contributed by atoms with Crippen LogP contribution in [0.2, 0.25) is 0 Å². The Morgan fingerprint density at radius 2 is 2.25 bits per heavy atom. The van der Waals surface area contributed by atoms with Gasteiger partial charge in [0.1, 0.15) is 11.6 Å². The van der Waals surface area contributed by atoms with E-state index in [1.54, 1.807) is 0 Å². The van der Waals surface area contributed by atoms with Gasteiger partial charge in [0.15, 0.2) is 0 Å². The van der Waals surface area contributed by atoms with Gasteiger partial charge in [-0.3, -0.25) is 9.80 Å². The summed E-state index contributed by atoms with van der Waals surface area (Å²) in [6.45, 7) is 7.41. The number of hydrogen-bond acceptors (Lipinski definition) is 3. The lowest BCUT2D eigenvalue weighted by Crippen LogP contribution is -2.39. The molecule has 0 spiro atoms. The number of nitrogens with zero attached hydrogens (tertiary/aromatic N) is 2. The van der Waals surface area contributed by atoms with E-state index in [4.69, 9.17) is 0 Å². The van der Waals surface area contributed by atoms with Crippen LogP contribution in [0.4, 0.5) is 4.39 Å². The van der Waals surface area contributed by atoms with Crippen LogP contribution in [0, 0.1) is 5.82 Å². The van der Waals surface area contributed by atoms with Gasteiger partial charge < -0.3 is 5.11 Å². The summed E-state index contributed by atoms with van der Waals surface area (Å²) in [5, 5.41) is 9.91. The van der Waals surface area contributed by atoms with Crippen molar-refractivity contribution in [2.45, 2.75) is 38.8 Å². The van der Waals surface area contributed by atoms with Gasteiger partial charge in [-0.25, -0.2) is 4.39 Å². The molecule has 0 bridgehead atoms. The minimum atomic E-state index is -0.297. The Morgan fingerprint density at radius 3 is 2.95 bits per heavy atom. The van der Waals surface area contributed by atoms with Crippen LogP contribution in [-0.2, 0) is 0 Å². The molecule has 0 aliphatic carbocycles. The zero-order chi connectivity index (χ0) is 14.7. The zero-order valence-electron chi connectivity index (χ0n) is 12.6. The molecule has 2 atom stereocenters. The molecular formula is C16H25FN2O. The fourth-order valence-electron chi connectivity index (χ4n) is 3.11. The first-order valence-electron chi connectivity index (χ1n) is 7.45. The van der Waals surface area contributed by atoms with E-state index < -0.39 is 0 Å². The van der Waals surface area contributed by atoms with Gasteiger partial charge in [-0.2, -0.15) is 0 Å². The summed E-state index contributed by atoms with van der Waals surface area (Å²) in [5.74, 6) is -0.126. The molecule has 3 nitrogen and oxygen atoms in total. The smallest absolute Gasteiger partial charge is 0.123 e. The van der Waals surface area contributed by atoms with E-state index >= 15 is 0 Å². The predicted molar refractivity (Wildman–Crippen MR) is 79.4 cm³/mol. The summed E-state index contributed by atoms with van der Waals surface area (Å²) in [6.07, 6.45) is 2.48. The molecule has 1 heterocycles. The second-order valence-corrected chi connectivity index (χ2v) is 5.74. The van der Waals surface area contributed by atoms with Crippen LogP contribution in [0.1, 0.15) is 38.3 Å². The first kappa shape index (κ1) is 15.3. The van der Waals surface area contributed by atoms with Gasteiger partial charge in [-0.1, -0.05) is 6.92 Å². The molecule has 2 rings (SSSR count). The minimum absolute atomic E-state index is 0.00464. The molecule has 1 fully saturated rings. The number of hydrogen-bond donors (Lipinski definition) is 1. The van der Waals surface area contributed by atoms with Crippen molar-refractivity contribution >= 4 is 0 Å². The van der Waals surface area contributed by atoms with Crippen molar-refractivity contribution in [2.75, 3.05) is 26.7 Å². The van der Waals surface area contributed by atoms with E-state index in [2.05, 4.69) is 16.7 Å². The monoisotopic (exact) mass is 280 g/mol. The van der Waals surface area contributed by atoms with Gasteiger partial charge in [-0.05, 0) is 58.1 Å². The molecule has 112 valence electrons. The maximum absolute atomic E-state index is 13.4. The highest BCUT2D eigenvalue weighted by molar-refractivity contribution is 5.34. The number of phenolic OH excluding ortho intramolecular Hbond substituents is 1. The third-order valence-corrected chi connectivity index (χ3v) is 4.50. The highest BCUT2D eigenvalue weighted by Gasteiger charge is 2.26. The van der Waals surface area contributed by atoms with Crippen molar-refractivity contribution < 1.29 is 9.50 Å². The molecule has 2 unspecified atom stereocenters. The second-order valence-electron chi connectivity index (χ2n) is 5.74. The lowest BCUT2D eigenvalue weighted by atomic mass is 10.0. The van der Waals surface area contributed by atoms with E-state index in [-0.39, 0.29) is 17.6 Å². The summed E-state index contributed by atoms with van der Waals surface area (Å²) in [6, 6.07) is 4.74. The molecule has 0 amide bonds. The largest absolute Gasteiger partial charge is 0.508 e. The Bertz CT molecular complexity index is 452. The van der Waals surface area contributed by atoms with Crippen LogP contribution in [0.15, 0.2) is 18.2 Å². The lowest BCUT2D eigenvalue weighted by Gasteiger charge is -2.31. The maximum atomic E-state index is 13.4. The molecule has 1 aromatic carbocycles. The number of likely N-dealkylation sites (tertiary alicyclic amines) is 1. The quantitative estimate of drug-likeness (QED) is 0.898. The van der Waals surface area contributed by atoms with E-state index in [1.807, 2.05) is 14.0 Å². The molecule has 1 aliphatic heterocycles. The fraction of sp³-hybridized carbons (Fsp3) is 0.625. The third kappa shape index (κ3) is 3.30. The Labute approximate surface area is 121 Å². The van der Waals surface area contributed by atoms with Crippen molar-refractivity contribution in [3.8, 4) is 5.75 Å². The first-order valence-corrected chi connectivity index (χ1v) is 7.45. The summed E-state index contributed by atoms with van der Waals surface area (Å²) in [4.78, 5) is 4.70. The molecule has 20 heavy (non-hydrogen) atoms. The third-order valence-electron chi connectivity index (χ3n) is 4.50. The van der Waals surface area contributed by atoms with Crippen LogP contribution >= 0.6 is 0 Å². The van der Waals surface area contributed by atoms with Crippen molar-refractivity contribution in [2.24, 2.45) is 0 Å². The van der Waals surface area contributed by atoms with Crippen molar-refractivity contribution in [3.05, 3.63) is 29.6 Å². The molecule has 1 aromatic rings. The first-order chi connectivity index (χ1) is 9.52. The highest BCUT2D eigenvalue weighted by Crippen LogP contribution is 2.29. The molecule has 0 radical (unpaired) electrons. The standard InChI is InChI=1S/C16H25FN2O/c1-4-19-9-5-6-14(19)11-18(3)12(2)15-10-13(17)7-8-16(15)20/h7-8,10,12,14,20H,4-6,9,11H2,1-3H3. The average Bonchev–Trinajstić information content (AvgIpc) is 2.87. The lowest BCUT2D eigenvalue weighted by molar-refractivity contribution is 0.168. The molecule has 1 aliphatic rings. The van der Waals surface area contributed by atoms with Crippen LogP contribution in [0.25, 0.3) is 0 Å². The van der Waals surface area contributed by atoms with E-state index in [0.29, 0.717) is 11.6 Å². The molecule has 1 saturated heterocycles. The highest BCUT2D eigenvalue weighted by atomic mass is 19.1. The molecule has 0 aromatic heterocycles. The van der Waals surface area contributed by atoms with Crippen LogP contribution in [0.3, 0.4) is 0 Å². The van der Waals surface area contributed by atoms with Gasteiger partial charge >= 0.3 is 0 Å². The van der Waals surface area contributed by atoms with E-state index in [0.717, 1.165) is 13.1 Å². The van der Waals surface area contributed by atoms with Crippen LogP contribution < -0.4 is 0 Å². The van der Waals surface area contributed by atoms with Crippen LogP contribution in [-0.4, -0.2) is 47.6 Å². The Morgan fingerprint density at radius 1 is 1.50 bits per heavy atom. The average molecular weight is 280 g/mol. The van der Waals surface area contributed by atoms with Gasteiger partial charge in [0, 0.05) is 24.2 Å². The zero-order valence-corrected chi connectivity index (χ0v) is 12.6. The van der Waals surface area contributed by atoms with Gasteiger partial charge in [-0.15, -0.1) is 0 Å². The van der Waals surface area contributed by atoms with E-state index in [9.17, 15) is 9.50 Å². The summed E-state index contributed by atoms with van der Waals surface area (Å²) in [5.41, 5.74) is 0.661. The maximum Gasteiger partial charge on any atom is 0.123 e. The SMILES string of the molecule is CCN1CCCC1CN(C)C(C)c1cc(F)ccc1O. The number of rotatable bonds is 5. The molecule has 1 N–H and O–H groups in total. The molecular weight excluding hydrogens is 255 g/mol. The Kier molecular flexibility index (Phi) is 5.00. The van der Waals surface area contributed by atoms with Crippen molar-refractivity contribution in [1.82, 2.24) is 9.80 Å². The second kappa shape index (κ2) is 6.55.